The summed E-state index contributed by atoms with van der Waals surface area (Å²) in [5, 5.41) is 6.89. The average Bonchev–Trinajstić information content (AvgIpc) is 2.73. The predicted molar refractivity (Wildman–Crippen MR) is 107 cm³/mol. The molecule has 6 heteroatoms. The van der Waals surface area contributed by atoms with Gasteiger partial charge in [-0.1, -0.05) is 30.3 Å². The van der Waals surface area contributed by atoms with Crippen LogP contribution in [0.25, 0.3) is 0 Å². The zero-order valence-electron chi connectivity index (χ0n) is 15.1. The number of benzene rings is 3. The Morgan fingerprint density at radius 3 is 1.96 bits per heavy atom. The molecule has 0 saturated heterocycles. The SMILES string of the molecule is C/C(=N/NC(=O)c1ccc(F)cc1)c1ccc(NC(=O)c2ccccc2)cc1. The Hall–Kier alpha value is -3.80. The topological polar surface area (TPSA) is 70.6 Å². The van der Waals surface area contributed by atoms with Gasteiger partial charge in [0.1, 0.15) is 5.82 Å². The van der Waals surface area contributed by atoms with Crippen LogP contribution >= 0.6 is 0 Å². The van der Waals surface area contributed by atoms with Crippen molar-refractivity contribution in [1.82, 2.24) is 5.43 Å². The molecular formula is C22H18FN3O2. The molecule has 0 saturated carbocycles. The lowest BCUT2D eigenvalue weighted by Crippen LogP contribution is -2.19. The van der Waals surface area contributed by atoms with Crippen LogP contribution in [0.2, 0.25) is 0 Å². The summed E-state index contributed by atoms with van der Waals surface area (Å²) in [7, 11) is 0. The number of hydrogen-bond donors (Lipinski definition) is 2. The van der Waals surface area contributed by atoms with Crippen molar-refractivity contribution in [1.29, 1.82) is 0 Å². The summed E-state index contributed by atoms with van der Waals surface area (Å²) in [4.78, 5) is 24.2. The van der Waals surface area contributed by atoms with Crippen LogP contribution in [0.5, 0.6) is 0 Å². The van der Waals surface area contributed by atoms with Crippen molar-refractivity contribution in [2.45, 2.75) is 6.92 Å². The highest BCUT2D eigenvalue weighted by Gasteiger charge is 2.07. The molecule has 0 radical (unpaired) electrons. The van der Waals surface area contributed by atoms with Crippen molar-refractivity contribution in [3.63, 3.8) is 0 Å². The Balaban J connectivity index is 1.62. The molecule has 0 aliphatic heterocycles. The minimum Gasteiger partial charge on any atom is -0.322 e. The summed E-state index contributed by atoms with van der Waals surface area (Å²) in [5.41, 5.74) is 5.37. The second-order valence-corrected chi connectivity index (χ2v) is 6.04. The third-order valence-electron chi connectivity index (χ3n) is 4.03. The van der Waals surface area contributed by atoms with E-state index in [0.29, 0.717) is 22.5 Å². The van der Waals surface area contributed by atoms with Crippen LogP contribution in [0, 0.1) is 5.82 Å². The van der Waals surface area contributed by atoms with E-state index in [1.54, 1.807) is 55.5 Å². The lowest BCUT2D eigenvalue weighted by molar-refractivity contribution is 0.0954. The molecule has 3 aromatic rings. The molecule has 2 N–H and O–H groups in total. The van der Waals surface area contributed by atoms with Crippen LogP contribution in [0.1, 0.15) is 33.2 Å². The summed E-state index contributed by atoms with van der Waals surface area (Å²) >= 11 is 0. The van der Waals surface area contributed by atoms with Gasteiger partial charge in [-0.15, -0.1) is 0 Å². The third-order valence-corrected chi connectivity index (χ3v) is 4.03. The highest BCUT2D eigenvalue weighted by Crippen LogP contribution is 2.12. The first kappa shape index (κ1) is 19.0. The number of hydrazone groups is 1. The Kier molecular flexibility index (Phi) is 5.91. The Morgan fingerprint density at radius 1 is 0.750 bits per heavy atom. The van der Waals surface area contributed by atoms with Crippen molar-refractivity contribution in [3.8, 4) is 0 Å². The number of rotatable bonds is 5. The van der Waals surface area contributed by atoms with Crippen LogP contribution < -0.4 is 10.7 Å². The van der Waals surface area contributed by atoms with Crippen LogP contribution in [0.3, 0.4) is 0 Å². The van der Waals surface area contributed by atoms with E-state index < -0.39 is 11.7 Å². The summed E-state index contributed by atoms with van der Waals surface area (Å²) in [6, 6.07) is 21.3. The molecule has 5 nitrogen and oxygen atoms in total. The van der Waals surface area contributed by atoms with Crippen LogP contribution in [0.15, 0.2) is 84.0 Å². The normalized spacial score (nSPS) is 11.0. The summed E-state index contributed by atoms with van der Waals surface area (Å²) in [6.07, 6.45) is 0. The third kappa shape index (κ3) is 4.88. The maximum absolute atomic E-state index is 12.9. The fourth-order valence-electron chi connectivity index (χ4n) is 2.45. The molecule has 0 aliphatic carbocycles. The molecule has 0 spiro atoms. The number of amides is 2. The first-order valence-corrected chi connectivity index (χ1v) is 8.60. The van der Waals surface area contributed by atoms with Gasteiger partial charge in [0.2, 0.25) is 0 Å². The maximum Gasteiger partial charge on any atom is 0.271 e. The molecule has 0 unspecified atom stereocenters. The van der Waals surface area contributed by atoms with Crippen molar-refractivity contribution in [3.05, 3.63) is 101 Å². The Bertz CT molecular complexity index is 998. The van der Waals surface area contributed by atoms with E-state index in [2.05, 4.69) is 15.8 Å². The molecule has 0 atom stereocenters. The summed E-state index contributed by atoms with van der Waals surface area (Å²) in [5.74, 6) is -1.02. The number of halogens is 1. The van der Waals surface area contributed by atoms with Gasteiger partial charge in [0.15, 0.2) is 0 Å². The molecule has 0 aromatic heterocycles. The van der Waals surface area contributed by atoms with Crippen LogP contribution in [-0.4, -0.2) is 17.5 Å². The number of carbonyl (C=O) groups excluding carboxylic acids is 2. The summed E-state index contributed by atoms with van der Waals surface area (Å²) in [6.45, 7) is 1.75. The fraction of sp³-hybridized carbons (Fsp3) is 0.0455. The van der Waals surface area contributed by atoms with Gasteiger partial charge in [-0.05, 0) is 61.0 Å². The molecule has 0 fully saturated rings. The molecule has 0 bridgehead atoms. The largest absolute Gasteiger partial charge is 0.322 e. The van der Waals surface area contributed by atoms with Crippen LogP contribution in [-0.2, 0) is 0 Å². The number of nitrogens with one attached hydrogen (secondary N) is 2. The minimum atomic E-state index is -0.425. The zero-order chi connectivity index (χ0) is 19.9. The van der Waals surface area contributed by atoms with E-state index in [1.807, 2.05) is 6.07 Å². The van der Waals surface area contributed by atoms with Gasteiger partial charge in [-0.2, -0.15) is 5.10 Å². The van der Waals surface area contributed by atoms with Crippen molar-refractivity contribution in [2.75, 3.05) is 5.32 Å². The summed E-state index contributed by atoms with van der Waals surface area (Å²) < 4.78 is 12.9. The standard InChI is InChI=1S/C22H18FN3O2/c1-15(25-26-22(28)18-7-11-19(23)12-8-18)16-9-13-20(14-10-16)24-21(27)17-5-3-2-4-6-17/h2-14H,1H3,(H,24,27)(H,26,28)/b25-15-. The monoisotopic (exact) mass is 375 g/mol. The number of carbonyl (C=O) groups is 2. The molecule has 140 valence electrons. The fourth-order valence-corrected chi connectivity index (χ4v) is 2.45. The van der Waals surface area contributed by atoms with E-state index in [0.717, 1.165) is 5.56 Å². The lowest BCUT2D eigenvalue weighted by atomic mass is 10.1. The van der Waals surface area contributed by atoms with E-state index in [4.69, 9.17) is 0 Å². The second-order valence-electron chi connectivity index (χ2n) is 6.04. The minimum absolute atomic E-state index is 0.190. The van der Waals surface area contributed by atoms with E-state index in [1.165, 1.54) is 24.3 Å². The molecule has 0 heterocycles. The number of nitrogens with zero attached hydrogens (tertiary/aromatic N) is 1. The van der Waals surface area contributed by atoms with Gasteiger partial charge in [0.25, 0.3) is 11.8 Å². The number of hydrogen-bond acceptors (Lipinski definition) is 3. The van der Waals surface area contributed by atoms with E-state index in [9.17, 15) is 14.0 Å². The van der Waals surface area contributed by atoms with Crippen molar-refractivity contribution >= 4 is 23.2 Å². The average molecular weight is 375 g/mol. The zero-order valence-corrected chi connectivity index (χ0v) is 15.1. The van der Waals surface area contributed by atoms with Crippen molar-refractivity contribution in [2.24, 2.45) is 5.10 Å². The molecular weight excluding hydrogens is 357 g/mol. The lowest BCUT2D eigenvalue weighted by Gasteiger charge is -2.07. The number of anilines is 1. The first-order chi connectivity index (χ1) is 13.5. The maximum atomic E-state index is 12.9. The quantitative estimate of drug-likeness (QED) is 0.517. The van der Waals surface area contributed by atoms with Crippen molar-refractivity contribution < 1.29 is 14.0 Å². The van der Waals surface area contributed by atoms with Gasteiger partial charge in [-0.25, -0.2) is 9.82 Å². The smallest absolute Gasteiger partial charge is 0.271 e. The highest BCUT2D eigenvalue weighted by atomic mass is 19.1. The van der Waals surface area contributed by atoms with Crippen LogP contribution in [0.4, 0.5) is 10.1 Å². The Labute approximate surface area is 161 Å². The van der Waals surface area contributed by atoms with Gasteiger partial charge in [0.05, 0.1) is 5.71 Å². The highest BCUT2D eigenvalue weighted by molar-refractivity contribution is 6.05. The molecule has 0 aliphatic rings. The van der Waals surface area contributed by atoms with Gasteiger partial charge < -0.3 is 5.32 Å². The molecule has 2 amide bonds. The van der Waals surface area contributed by atoms with Gasteiger partial charge >= 0.3 is 0 Å². The first-order valence-electron chi connectivity index (χ1n) is 8.60. The van der Waals surface area contributed by atoms with E-state index in [-0.39, 0.29) is 5.91 Å². The molecule has 3 aromatic carbocycles. The molecule has 28 heavy (non-hydrogen) atoms. The van der Waals surface area contributed by atoms with Gasteiger partial charge in [0, 0.05) is 16.8 Å². The Morgan fingerprint density at radius 2 is 1.32 bits per heavy atom. The molecule has 3 rings (SSSR count). The second kappa shape index (κ2) is 8.73. The van der Waals surface area contributed by atoms with E-state index >= 15 is 0 Å². The van der Waals surface area contributed by atoms with Gasteiger partial charge in [-0.3, -0.25) is 9.59 Å². The predicted octanol–water partition coefficient (Wildman–Crippen LogP) is 4.23.